The minimum atomic E-state index is -0.822. The van der Waals surface area contributed by atoms with Gasteiger partial charge in [0.15, 0.2) is 0 Å². The fraction of sp³-hybridized carbons (Fsp3) is 0.467. The van der Waals surface area contributed by atoms with Crippen molar-refractivity contribution in [1.29, 1.82) is 0 Å². The molecule has 23 heavy (non-hydrogen) atoms. The number of unbranched alkanes of at least 4 members (excludes halogenated alkanes) is 2. The van der Waals surface area contributed by atoms with Crippen LogP contribution >= 0.6 is 0 Å². The van der Waals surface area contributed by atoms with E-state index in [-0.39, 0.29) is 12.5 Å². The fourth-order valence-electron chi connectivity index (χ4n) is 2.54. The summed E-state index contributed by atoms with van der Waals surface area (Å²) in [6, 6.07) is 7.03. The summed E-state index contributed by atoms with van der Waals surface area (Å²) >= 11 is 0. The summed E-state index contributed by atoms with van der Waals surface area (Å²) in [4.78, 5) is 39.5. The van der Waals surface area contributed by atoms with E-state index >= 15 is 0 Å². The molecular weight excluding hydrogens is 304 g/mol. The second-order valence-corrected chi connectivity index (χ2v) is 5.17. The highest BCUT2D eigenvalue weighted by Gasteiger charge is 2.38. The Bertz CT molecular complexity index is 603. The van der Waals surface area contributed by atoms with Gasteiger partial charge in [0.25, 0.3) is 11.0 Å². The quantitative estimate of drug-likeness (QED) is 0.314. The zero-order chi connectivity index (χ0) is 16.8. The molecule has 2 rings (SSSR count). The van der Waals surface area contributed by atoms with Crippen LogP contribution in [0.1, 0.15) is 48.3 Å². The van der Waals surface area contributed by atoms with E-state index in [1.54, 1.807) is 24.3 Å². The zero-order valence-corrected chi connectivity index (χ0v) is 12.8. The Labute approximate surface area is 133 Å². The van der Waals surface area contributed by atoms with E-state index < -0.39 is 17.3 Å². The van der Waals surface area contributed by atoms with Crippen molar-refractivity contribution in [2.24, 2.45) is 0 Å². The molecule has 0 fully saturated rings. The van der Waals surface area contributed by atoms with E-state index in [4.69, 9.17) is 4.74 Å². The number of nitrogens with zero attached hydrogens (tertiary/aromatic N) is 2. The van der Waals surface area contributed by atoms with Crippen LogP contribution < -0.4 is 0 Å². The van der Waals surface area contributed by atoms with Crippen LogP contribution in [0.2, 0.25) is 0 Å². The second kappa shape index (κ2) is 7.57. The number of amides is 1. The topological polar surface area (TPSA) is 99.0 Å². The van der Waals surface area contributed by atoms with Gasteiger partial charge in [0, 0.05) is 24.6 Å². The third kappa shape index (κ3) is 4.18. The molecule has 0 aromatic heterocycles. The van der Waals surface area contributed by atoms with E-state index in [2.05, 4.69) is 4.84 Å². The summed E-state index contributed by atoms with van der Waals surface area (Å²) in [6.07, 6.45) is 1.12. The zero-order valence-electron chi connectivity index (χ0n) is 12.8. The summed E-state index contributed by atoms with van der Waals surface area (Å²) in [5.74, 6) is -0.628. The Hall–Kier alpha value is -2.64. The van der Waals surface area contributed by atoms with Gasteiger partial charge in [0.1, 0.15) is 0 Å². The first-order chi connectivity index (χ1) is 11.0. The van der Waals surface area contributed by atoms with Crippen LogP contribution in [0.5, 0.6) is 0 Å². The molecule has 1 unspecified atom stereocenters. The third-order valence-corrected chi connectivity index (χ3v) is 3.52. The molecule has 1 amide bonds. The molecule has 0 N–H and O–H groups in total. The number of fused-ring (bicyclic) bond motifs is 1. The van der Waals surface area contributed by atoms with Gasteiger partial charge in [0.05, 0.1) is 6.61 Å². The van der Waals surface area contributed by atoms with E-state index in [0.29, 0.717) is 36.9 Å². The number of hydrogen-bond donors (Lipinski definition) is 0. The lowest BCUT2D eigenvalue weighted by Gasteiger charge is -2.24. The molecule has 0 bridgehead atoms. The lowest BCUT2D eigenvalue weighted by atomic mass is 10.1. The second-order valence-electron chi connectivity index (χ2n) is 5.17. The molecule has 1 aromatic carbocycles. The summed E-state index contributed by atoms with van der Waals surface area (Å²) in [7, 11) is 0. The summed E-state index contributed by atoms with van der Waals surface area (Å²) in [5, 5.41) is 9.22. The van der Waals surface area contributed by atoms with Gasteiger partial charge in [-0.2, -0.15) is 0 Å². The molecule has 8 heteroatoms. The van der Waals surface area contributed by atoms with Gasteiger partial charge in [-0.15, -0.1) is 10.1 Å². The van der Waals surface area contributed by atoms with Crippen LogP contribution in [-0.4, -0.2) is 35.0 Å². The predicted octanol–water partition coefficient (Wildman–Crippen LogP) is 2.08. The minimum Gasteiger partial charge on any atom is -0.437 e. The van der Waals surface area contributed by atoms with Gasteiger partial charge in [-0.1, -0.05) is 18.2 Å². The number of carbonyl (C=O) groups is 2. The summed E-state index contributed by atoms with van der Waals surface area (Å²) in [5.41, 5.74) is 1.22. The lowest BCUT2D eigenvalue weighted by Crippen LogP contribution is -2.31. The monoisotopic (exact) mass is 322 g/mol. The number of esters is 1. The normalized spacial score (nSPS) is 16.1. The van der Waals surface area contributed by atoms with E-state index in [1.165, 1.54) is 11.8 Å². The molecule has 0 saturated heterocycles. The van der Waals surface area contributed by atoms with Gasteiger partial charge < -0.3 is 9.57 Å². The van der Waals surface area contributed by atoms with E-state index in [0.717, 1.165) is 0 Å². The molecule has 8 nitrogen and oxygen atoms in total. The van der Waals surface area contributed by atoms with Crippen molar-refractivity contribution < 1.29 is 24.3 Å². The number of hydrogen-bond acceptors (Lipinski definition) is 6. The van der Waals surface area contributed by atoms with Crippen molar-refractivity contribution in [2.45, 2.75) is 32.4 Å². The molecule has 1 atom stereocenters. The highest BCUT2D eigenvalue weighted by Crippen LogP contribution is 2.34. The number of ether oxygens (including phenoxy) is 1. The van der Waals surface area contributed by atoms with Crippen molar-refractivity contribution >= 4 is 11.9 Å². The van der Waals surface area contributed by atoms with Gasteiger partial charge in [-0.05, 0) is 25.3 Å². The molecule has 0 radical (unpaired) electrons. The van der Waals surface area contributed by atoms with Gasteiger partial charge in [0.2, 0.25) is 6.23 Å². The SMILES string of the molecule is CC(=O)OC1c2ccccc2C(=O)N1CCCCCO[N+](=O)[O-]. The predicted molar refractivity (Wildman–Crippen MR) is 78.8 cm³/mol. The Morgan fingerprint density at radius 2 is 2.04 bits per heavy atom. The largest absolute Gasteiger partial charge is 0.437 e. The van der Waals surface area contributed by atoms with Gasteiger partial charge in [-0.3, -0.25) is 14.5 Å². The maximum Gasteiger partial charge on any atom is 0.304 e. The molecule has 0 spiro atoms. The molecule has 1 aromatic rings. The van der Waals surface area contributed by atoms with Crippen LogP contribution in [-0.2, 0) is 14.4 Å². The van der Waals surface area contributed by atoms with Crippen LogP contribution in [0.3, 0.4) is 0 Å². The van der Waals surface area contributed by atoms with Crippen molar-refractivity contribution in [3.63, 3.8) is 0 Å². The van der Waals surface area contributed by atoms with Crippen molar-refractivity contribution in [1.82, 2.24) is 4.90 Å². The number of carbonyl (C=O) groups excluding carboxylic acids is 2. The van der Waals surface area contributed by atoms with Crippen LogP contribution in [0.4, 0.5) is 0 Å². The fourth-order valence-corrected chi connectivity index (χ4v) is 2.54. The average molecular weight is 322 g/mol. The first kappa shape index (κ1) is 16.7. The summed E-state index contributed by atoms with van der Waals surface area (Å²) in [6.45, 7) is 1.75. The first-order valence-electron chi connectivity index (χ1n) is 7.35. The number of benzene rings is 1. The van der Waals surface area contributed by atoms with Gasteiger partial charge >= 0.3 is 5.97 Å². The summed E-state index contributed by atoms with van der Waals surface area (Å²) < 4.78 is 5.28. The maximum atomic E-state index is 12.4. The lowest BCUT2D eigenvalue weighted by molar-refractivity contribution is -0.757. The Kier molecular flexibility index (Phi) is 5.51. The highest BCUT2D eigenvalue weighted by atomic mass is 16.9. The molecule has 1 heterocycles. The van der Waals surface area contributed by atoms with Crippen molar-refractivity contribution in [3.8, 4) is 0 Å². The smallest absolute Gasteiger partial charge is 0.304 e. The molecule has 124 valence electrons. The minimum absolute atomic E-state index is 0.0363. The van der Waals surface area contributed by atoms with Crippen LogP contribution in [0, 0.1) is 10.1 Å². The Morgan fingerprint density at radius 3 is 2.74 bits per heavy atom. The molecule has 0 saturated carbocycles. The molecule has 0 aliphatic carbocycles. The standard InChI is InChI=1S/C15H18N2O6/c1-11(18)23-15-13-8-4-3-7-12(13)14(19)16(15)9-5-2-6-10-22-17(20)21/h3-4,7-8,15H,2,5-6,9-10H2,1H3. The number of rotatable bonds is 8. The van der Waals surface area contributed by atoms with E-state index in [9.17, 15) is 19.7 Å². The van der Waals surface area contributed by atoms with Crippen molar-refractivity contribution in [2.75, 3.05) is 13.2 Å². The first-order valence-corrected chi connectivity index (χ1v) is 7.35. The van der Waals surface area contributed by atoms with Crippen molar-refractivity contribution in [3.05, 3.63) is 45.5 Å². The molecule has 1 aliphatic rings. The van der Waals surface area contributed by atoms with Crippen LogP contribution in [0.25, 0.3) is 0 Å². The maximum absolute atomic E-state index is 12.4. The third-order valence-electron chi connectivity index (χ3n) is 3.52. The average Bonchev–Trinajstić information content (AvgIpc) is 2.75. The van der Waals surface area contributed by atoms with Crippen LogP contribution in [0.15, 0.2) is 24.3 Å². The molecule has 1 aliphatic heterocycles. The molecular formula is C15H18N2O6. The highest BCUT2D eigenvalue weighted by molar-refractivity contribution is 5.99. The van der Waals surface area contributed by atoms with E-state index in [1.807, 2.05) is 0 Å². The Morgan fingerprint density at radius 1 is 1.30 bits per heavy atom. The van der Waals surface area contributed by atoms with Gasteiger partial charge in [-0.25, -0.2) is 0 Å². The Balaban J connectivity index is 1.93.